The van der Waals surface area contributed by atoms with Gasteiger partial charge < -0.3 is 4.74 Å². The lowest BCUT2D eigenvalue weighted by Gasteiger charge is -2.08. The molecule has 4 heteroatoms. The van der Waals surface area contributed by atoms with Gasteiger partial charge in [0.2, 0.25) is 5.24 Å². The molecular formula is C12H11ClO3. The zero-order valence-electron chi connectivity index (χ0n) is 8.83. The summed E-state index contributed by atoms with van der Waals surface area (Å²) in [5.74, 6) is 0.670. The van der Waals surface area contributed by atoms with Crippen LogP contribution >= 0.6 is 11.6 Å². The van der Waals surface area contributed by atoms with E-state index in [-0.39, 0.29) is 18.1 Å². The summed E-state index contributed by atoms with van der Waals surface area (Å²) < 4.78 is 5.10. The Morgan fingerprint density at radius 3 is 2.94 bits per heavy atom. The molecule has 0 heterocycles. The molecule has 2 rings (SSSR count). The summed E-state index contributed by atoms with van der Waals surface area (Å²) in [5, 5.41) is -0.409. The second kappa shape index (κ2) is 4.26. The molecule has 1 aliphatic rings. The van der Waals surface area contributed by atoms with Crippen LogP contribution in [0.15, 0.2) is 18.2 Å². The molecule has 1 aliphatic carbocycles. The number of carbonyl (C=O) groups is 2. The van der Waals surface area contributed by atoms with Crippen molar-refractivity contribution in [3.63, 3.8) is 0 Å². The fourth-order valence-electron chi connectivity index (χ4n) is 2.08. The van der Waals surface area contributed by atoms with Crippen molar-refractivity contribution in [3.8, 4) is 5.75 Å². The number of hydrogen-bond acceptors (Lipinski definition) is 3. The van der Waals surface area contributed by atoms with E-state index >= 15 is 0 Å². The number of hydrogen-bond donors (Lipinski definition) is 0. The maximum absolute atomic E-state index is 11.7. The fourth-order valence-corrected chi connectivity index (χ4v) is 2.27. The van der Waals surface area contributed by atoms with E-state index in [0.29, 0.717) is 17.7 Å². The Bertz CT molecular complexity index is 452. The van der Waals surface area contributed by atoms with Gasteiger partial charge in [-0.15, -0.1) is 0 Å². The van der Waals surface area contributed by atoms with E-state index in [2.05, 4.69) is 0 Å². The van der Waals surface area contributed by atoms with E-state index in [1.807, 2.05) is 6.07 Å². The lowest BCUT2D eigenvalue weighted by molar-refractivity contribution is -0.112. The fraction of sp³-hybridized carbons (Fsp3) is 0.333. The van der Waals surface area contributed by atoms with Gasteiger partial charge in [-0.2, -0.15) is 0 Å². The van der Waals surface area contributed by atoms with Crippen molar-refractivity contribution < 1.29 is 14.3 Å². The molecule has 16 heavy (non-hydrogen) atoms. The minimum Gasteiger partial charge on any atom is -0.497 e. The predicted octanol–water partition coefficient (Wildman–Crippen LogP) is 2.52. The minimum atomic E-state index is -0.409. The van der Waals surface area contributed by atoms with Crippen molar-refractivity contribution in [2.24, 2.45) is 0 Å². The molecule has 0 radical (unpaired) electrons. The molecule has 84 valence electrons. The van der Waals surface area contributed by atoms with Crippen molar-refractivity contribution in [1.29, 1.82) is 0 Å². The van der Waals surface area contributed by atoms with Crippen LogP contribution < -0.4 is 4.74 Å². The molecule has 1 aromatic carbocycles. The molecule has 0 saturated heterocycles. The SMILES string of the molecule is COc1ccc2c(c1)C(CC(=O)Cl)CC2=O. The summed E-state index contributed by atoms with van der Waals surface area (Å²) in [4.78, 5) is 22.6. The number of benzene rings is 1. The quantitative estimate of drug-likeness (QED) is 0.760. The number of ketones is 1. The molecule has 0 aliphatic heterocycles. The van der Waals surface area contributed by atoms with Gasteiger partial charge in [0.15, 0.2) is 5.78 Å². The highest BCUT2D eigenvalue weighted by atomic mass is 35.5. The lowest BCUT2D eigenvalue weighted by atomic mass is 9.98. The summed E-state index contributed by atoms with van der Waals surface area (Å²) in [6.07, 6.45) is 0.564. The standard InChI is InChI=1S/C12H11ClO3/c1-16-8-2-3-9-10(6-8)7(4-11(9)14)5-12(13)15/h2-3,6-7H,4-5H2,1H3. The van der Waals surface area contributed by atoms with E-state index in [4.69, 9.17) is 16.3 Å². The molecule has 1 atom stereocenters. The Hall–Kier alpha value is -1.35. The Morgan fingerprint density at radius 1 is 1.56 bits per heavy atom. The summed E-state index contributed by atoms with van der Waals surface area (Å²) >= 11 is 5.36. The number of Topliss-reactive ketones (excluding diaryl/α,β-unsaturated/α-hetero) is 1. The highest BCUT2D eigenvalue weighted by Gasteiger charge is 2.30. The number of ether oxygens (including phenoxy) is 1. The smallest absolute Gasteiger partial charge is 0.222 e. The van der Waals surface area contributed by atoms with Gasteiger partial charge in [-0.1, -0.05) is 0 Å². The van der Waals surface area contributed by atoms with Crippen molar-refractivity contribution in [1.82, 2.24) is 0 Å². The van der Waals surface area contributed by atoms with Crippen LogP contribution in [-0.4, -0.2) is 18.1 Å². The van der Waals surface area contributed by atoms with E-state index in [1.165, 1.54) is 0 Å². The first-order valence-corrected chi connectivity index (χ1v) is 5.39. The van der Waals surface area contributed by atoms with Crippen LogP contribution in [0, 0.1) is 0 Å². The van der Waals surface area contributed by atoms with Crippen LogP contribution in [0.1, 0.15) is 34.7 Å². The Kier molecular flexibility index (Phi) is 2.97. The molecule has 0 aromatic heterocycles. The van der Waals surface area contributed by atoms with Crippen LogP contribution in [0.2, 0.25) is 0 Å². The number of fused-ring (bicyclic) bond motifs is 1. The van der Waals surface area contributed by atoms with Gasteiger partial charge in [-0.3, -0.25) is 9.59 Å². The number of halogens is 1. The summed E-state index contributed by atoms with van der Waals surface area (Å²) in [7, 11) is 1.57. The Balaban J connectivity index is 2.38. The molecule has 0 amide bonds. The molecule has 0 bridgehead atoms. The van der Waals surface area contributed by atoms with Gasteiger partial charge in [0, 0.05) is 24.3 Å². The second-order valence-corrected chi connectivity index (χ2v) is 4.26. The van der Waals surface area contributed by atoms with Gasteiger partial charge in [0.05, 0.1) is 7.11 Å². The van der Waals surface area contributed by atoms with Crippen molar-refractivity contribution in [3.05, 3.63) is 29.3 Å². The van der Waals surface area contributed by atoms with Gasteiger partial charge >= 0.3 is 0 Å². The number of methoxy groups -OCH3 is 1. The van der Waals surface area contributed by atoms with E-state index in [1.54, 1.807) is 19.2 Å². The van der Waals surface area contributed by atoms with E-state index in [0.717, 1.165) is 5.56 Å². The predicted molar refractivity (Wildman–Crippen MR) is 60.2 cm³/mol. The number of rotatable bonds is 3. The normalized spacial score (nSPS) is 18.4. The van der Waals surface area contributed by atoms with Crippen LogP contribution in [0.5, 0.6) is 5.75 Å². The van der Waals surface area contributed by atoms with Crippen molar-refractivity contribution >= 4 is 22.6 Å². The first-order chi connectivity index (χ1) is 7.61. The minimum absolute atomic E-state index is 0.0700. The highest BCUT2D eigenvalue weighted by molar-refractivity contribution is 6.63. The molecular weight excluding hydrogens is 228 g/mol. The lowest BCUT2D eigenvalue weighted by Crippen LogP contribution is -1.99. The van der Waals surface area contributed by atoms with Crippen molar-refractivity contribution in [2.45, 2.75) is 18.8 Å². The second-order valence-electron chi connectivity index (χ2n) is 3.84. The van der Waals surface area contributed by atoms with Gasteiger partial charge in [0.1, 0.15) is 5.75 Å². The van der Waals surface area contributed by atoms with Gasteiger partial charge in [-0.05, 0) is 35.4 Å². The first kappa shape index (κ1) is 11.1. The molecule has 1 aromatic rings. The van der Waals surface area contributed by atoms with Gasteiger partial charge in [0.25, 0.3) is 0 Å². The number of carbonyl (C=O) groups excluding carboxylic acids is 2. The van der Waals surface area contributed by atoms with Crippen LogP contribution in [0.4, 0.5) is 0 Å². The third kappa shape index (κ3) is 1.95. The summed E-state index contributed by atoms with van der Waals surface area (Å²) in [6.45, 7) is 0. The van der Waals surface area contributed by atoms with Gasteiger partial charge in [-0.25, -0.2) is 0 Å². The Labute approximate surface area is 98.4 Å². The average Bonchev–Trinajstić information content (AvgIpc) is 2.54. The molecule has 0 saturated carbocycles. The molecule has 0 spiro atoms. The third-order valence-corrected chi connectivity index (χ3v) is 2.99. The van der Waals surface area contributed by atoms with Crippen LogP contribution in [0.3, 0.4) is 0 Å². The maximum Gasteiger partial charge on any atom is 0.222 e. The van der Waals surface area contributed by atoms with Crippen LogP contribution in [-0.2, 0) is 4.79 Å². The molecule has 0 N–H and O–H groups in total. The zero-order chi connectivity index (χ0) is 11.7. The largest absolute Gasteiger partial charge is 0.497 e. The monoisotopic (exact) mass is 238 g/mol. The van der Waals surface area contributed by atoms with Crippen molar-refractivity contribution in [2.75, 3.05) is 7.11 Å². The first-order valence-electron chi connectivity index (χ1n) is 5.01. The third-order valence-electron chi connectivity index (χ3n) is 2.84. The molecule has 1 unspecified atom stereocenters. The van der Waals surface area contributed by atoms with E-state index < -0.39 is 5.24 Å². The topological polar surface area (TPSA) is 43.4 Å². The summed E-state index contributed by atoms with van der Waals surface area (Å²) in [5.41, 5.74) is 1.56. The Morgan fingerprint density at radius 2 is 2.31 bits per heavy atom. The van der Waals surface area contributed by atoms with Crippen LogP contribution in [0.25, 0.3) is 0 Å². The highest BCUT2D eigenvalue weighted by Crippen LogP contribution is 2.37. The summed E-state index contributed by atoms with van der Waals surface area (Å²) in [6, 6.07) is 5.31. The molecule has 3 nitrogen and oxygen atoms in total. The maximum atomic E-state index is 11.7. The average molecular weight is 239 g/mol. The zero-order valence-corrected chi connectivity index (χ0v) is 9.58. The molecule has 0 fully saturated rings. The van der Waals surface area contributed by atoms with E-state index in [9.17, 15) is 9.59 Å².